The molecule has 1 nitrogen and oxygen atoms in total. The summed E-state index contributed by atoms with van der Waals surface area (Å²) in [6.07, 6.45) is -7.21. The first-order chi connectivity index (χ1) is 4.19. The molecule has 62 valence electrons. The van der Waals surface area contributed by atoms with Gasteiger partial charge in [0.15, 0.2) is 5.60 Å². The third-order valence-electron chi connectivity index (χ3n) is 1.35. The van der Waals surface area contributed by atoms with E-state index in [2.05, 4.69) is 0 Å². The fourth-order valence-electron chi connectivity index (χ4n) is 0.226. The third kappa shape index (κ3) is 1.59. The van der Waals surface area contributed by atoms with Gasteiger partial charge in [-0.05, 0) is 13.8 Å². The highest BCUT2D eigenvalue weighted by Crippen LogP contribution is 2.33. The SMILES string of the molecule is CC(F)C(C)(O)C(F)(F)F. The number of halogens is 4. The van der Waals surface area contributed by atoms with Gasteiger partial charge >= 0.3 is 6.18 Å². The van der Waals surface area contributed by atoms with E-state index < -0.39 is 17.9 Å². The van der Waals surface area contributed by atoms with Crippen molar-refractivity contribution in [1.82, 2.24) is 0 Å². The molecule has 10 heavy (non-hydrogen) atoms. The van der Waals surface area contributed by atoms with Crippen LogP contribution in [0.3, 0.4) is 0 Å². The Bertz CT molecular complexity index is 115. The maximum absolute atomic E-state index is 12.0. The molecule has 0 fully saturated rings. The van der Waals surface area contributed by atoms with Crippen LogP contribution in [-0.4, -0.2) is 23.1 Å². The van der Waals surface area contributed by atoms with Crippen LogP contribution in [0.1, 0.15) is 13.8 Å². The summed E-state index contributed by atoms with van der Waals surface area (Å²) in [5.74, 6) is 0. The molecule has 2 atom stereocenters. The molecule has 0 saturated carbocycles. The topological polar surface area (TPSA) is 20.2 Å². The Hall–Kier alpha value is -0.320. The molecule has 0 amide bonds. The van der Waals surface area contributed by atoms with Crippen molar-refractivity contribution in [2.45, 2.75) is 31.8 Å². The Morgan fingerprint density at radius 2 is 1.60 bits per heavy atom. The van der Waals surface area contributed by atoms with Gasteiger partial charge in [-0.1, -0.05) is 0 Å². The molecule has 0 aliphatic heterocycles. The van der Waals surface area contributed by atoms with Crippen LogP contribution >= 0.6 is 0 Å². The largest absolute Gasteiger partial charge is 0.419 e. The fraction of sp³-hybridized carbons (Fsp3) is 1.00. The van der Waals surface area contributed by atoms with E-state index in [9.17, 15) is 17.6 Å². The number of rotatable bonds is 1. The average molecular weight is 160 g/mol. The molecule has 0 aromatic rings. The molecule has 0 heterocycles. The number of hydrogen-bond acceptors (Lipinski definition) is 1. The molecule has 2 unspecified atom stereocenters. The number of aliphatic hydroxyl groups is 1. The summed E-state index contributed by atoms with van der Waals surface area (Å²) in [5, 5.41) is 8.43. The summed E-state index contributed by atoms with van der Waals surface area (Å²) in [5.41, 5.74) is -3.23. The highest BCUT2D eigenvalue weighted by Gasteiger charge is 2.54. The Labute approximate surface area is 55.7 Å². The molecule has 0 aromatic heterocycles. The summed E-state index contributed by atoms with van der Waals surface area (Å²) in [6.45, 7) is 1.06. The highest BCUT2D eigenvalue weighted by atomic mass is 19.4. The Morgan fingerprint density at radius 1 is 1.30 bits per heavy atom. The lowest BCUT2D eigenvalue weighted by molar-refractivity contribution is -0.270. The maximum atomic E-state index is 12.0. The molecule has 0 aliphatic carbocycles. The Morgan fingerprint density at radius 3 is 1.60 bits per heavy atom. The van der Waals surface area contributed by atoms with Crippen LogP contribution in [-0.2, 0) is 0 Å². The van der Waals surface area contributed by atoms with Crippen molar-refractivity contribution in [1.29, 1.82) is 0 Å². The monoisotopic (exact) mass is 160 g/mol. The molecule has 5 heteroatoms. The molecule has 1 N–H and O–H groups in total. The van der Waals surface area contributed by atoms with Gasteiger partial charge in [-0.2, -0.15) is 13.2 Å². The third-order valence-corrected chi connectivity index (χ3v) is 1.35. The van der Waals surface area contributed by atoms with Gasteiger partial charge in [0.25, 0.3) is 0 Å². The minimum atomic E-state index is -4.90. The standard InChI is InChI=1S/C5H8F4O/c1-3(6)4(2,10)5(7,8)9/h3,10H,1-2H3. The number of hydrogen-bond donors (Lipinski definition) is 1. The van der Waals surface area contributed by atoms with Crippen molar-refractivity contribution in [3.8, 4) is 0 Å². The zero-order chi connectivity index (χ0) is 8.58. The van der Waals surface area contributed by atoms with Gasteiger partial charge in [-0.15, -0.1) is 0 Å². The lowest BCUT2D eigenvalue weighted by Gasteiger charge is -2.27. The first-order valence-electron chi connectivity index (χ1n) is 2.62. The van der Waals surface area contributed by atoms with Crippen molar-refractivity contribution >= 4 is 0 Å². The molecule has 0 bridgehead atoms. The minimum absolute atomic E-state index is 0.400. The molecular weight excluding hydrogens is 152 g/mol. The lowest BCUT2D eigenvalue weighted by Crippen LogP contribution is -2.48. The average Bonchev–Trinajstić information content (AvgIpc) is 1.62. The van der Waals surface area contributed by atoms with E-state index in [-0.39, 0.29) is 0 Å². The van der Waals surface area contributed by atoms with Gasteiger partial charge in [0, 0.05) is 0 Å². The molecule has 0 rings (SSSR count). The van der Waals surface area contributed by atoms with Crippen LogP contribution in [0.25, 0.3) is 0 Å². The van der Waals surface area contributed by atoms with Crippen LogP contribution < -0.4 is 0 Å². The Balaban J connectivity index is 4.40. The van der Waals surface area contributed by atoms with E-state index in [0.29, 0.717) is 13.8 Å². The van der Waals surface area contributed by atoms with E-state index in [4.69, 9.17) is 5.11 Å². The van der Waals surface area contributed by atoms with Crippen LogP contribution in [0.15, 0.2) is 0 Å². The molecule has 0 spiro atoms. The van der Waals surface area contributed by atoms with Crippen molar-refractivity contribution in [2.75, 3.05) is 0 Å². The summed E-state index contributed by atoms with van der Waals surface area (Å²) >= 11 is 0. The minimum Gasteiger partial charge on any atom is -0.378 e. The first-order valence-corrected chi connectivity index (χ1v) is 2.62. The second-order valence-corrected chi connectivity index (χ2v) is 2.26. The summed E-state index contributed by atoms with van der Waals surface area (Å²) < 4.78 is 46.8. The van der Waals surface area contributed by atoms with Gasteiger partial charge < -0.3 is 5.11 Å². The first kappa shape index (κ1) is 9.68. The van der Waals surface area contributed by atoms with Gasteiger partial charge in [0.2, 0.25) is 0 Å². The second kappa shape index (κ2) is 2.38. The van der Waals surface area contributed by atoms with Crippen LogP contribution in [0, 0.1) is 0 Å². The molecular formula is C5H8F4O. The van der Waals surface area contributed by atoms with E-state index >= 15 is 0 Å². The number of alkyl halides is 4. The smallest absolute Gasteiger partial charge is 0.378 e. The van der Waals surface area contributed by atoms with Crippen LogP contribution in [0.4, 0.5) is 17.6 Å². The fourth-order valence-corrected chi connectivity index (χ4v) is 0.226. The normalized spacial score (nSPS) is 21.9. The zero-order valence-electron chi connectivity index (χ0n) is 5.54. The van der Waals surface area contributed by atoms with Gasteiger partial charge in [-0.3, -0.25) is 0 Å². The predicted octanol–water partition coefficient (Wildman–Crippen LogP) is 1.66. The van der Waals surface area contributed by atoms with Crippen molar-refractivity contribution < 1.29 is 22.7 Å². The second-order valence-electron chi connectivity index (χ2n) is 2.26. The summed E-state index contributed by atoms with van der Waals surface area (Å²) in [7, 11) is 0. The summed E-state index contributed by atoms with van der Waals surface area (Å²) in [6, 6.07) is 0. The van der Waals surface area contributed by atoms with Crippen molar-refractivity contribution in [3.05, 3.63) is 0 Å². The van der Waals surface area contributed by atoms with Crippen molar-refractivity contribution in [3.63, 3.8) is 0 Å². The van der Waals surface area contributed by atoms with Gasteiger partial charge in [0.1, 0.15) is 6.17 Å². The van der Waals surface area contributed by atoms with E-state index in [0.717, 1.165) is 0 Å². The van der Waals surface area contributed by atoms with E-state index in [1.165, 1.54) is 0 Å². The van der Waals surface area contributed by atoms with Crippen LogP contribution in [0.2, 0.25) is 0 Å². The molecule has 0 aliphatic rings. The quantitative estimate of drug-likeness (QED) is 0.578. The van der Waals surface area contributed by atoms with Crippen LogP contribution in [0.5, 0.6) is 0 Å². The predicted molar refractivity (Wildman–Crippen MR) is 27.2 cm³/mol. The van der Waals surface area contributed by atoms with E-state index in [1.54, 1.807) is 0 Å². The Kier molecular flexibility index (Phi) is 2.30. The summed E-state index contributed by atoms with van der Waals surface area (Å²) in [4.78, 5) is 0. The molecule has 0 aromatic carbocycles. The van der Waals surface area contributed by atoms with Gasteiger partial charge in [0.05, 0.1) is 0 Å². The molecule has 0 saturated heterocycles. The molecule has 0 radical (unpaired) electrons. The zero-order valence-corrected chi connectivity index (χ0v) is 5.54. The lowest BCUT2D eigenvalue weighted by atomic mass is 10.0. The van der Waals surface area contributed by atoms with Crippen molar-refractivity contribution in [2.24, 2.45) is 0 Å². The van der Waals surface area contributed by atoms with E-state index in [1.807, 2.05) is 0 Å². The maximum Gasteiger partial charge on any atom is 0.419 e. The van der Waals surface area contributed by atoms with Gasteiger partial charge in [-0.25, -0.2) is 4.39 Å². The highest BCUT2D eigenvalue weighted by molar-refractivity contribution is 4.86.